The molecular formula is C11H13FN2O2. The zero-order chi connectivity index (χ0) is 11.5. The summed E-state index contributed by atoms with van der Waals surface area (Å²) in [5.74, 6) is -0.509. The number of piperazine rings is 1. The van der Waals surface area contributed by atoms with Crippen molar-refractivity contribution in [3.63, 3.8) is 0 Å². The zero-order valence-corrected chi connectivity index (χ0v) is 8.69. The summed E-state index contributed by atoms with van der Waals surface area (Å²) in [5, 5.41) is 11.9. The van der Waals surface area contributed by atoms with Crippen LogP contribution in [0.4, 0.5) is 10.1 Å². The SMILES string of the molecule is O=C1C(CO)NCCN1c1ccc(F)cc1. The van der Waals surface area contributed by atoms with Crippen LogP contribution >= 0.6 is 0 Å². The molecule has 1 saturated heterocycles. The van der Waals surface area contributed by atoms with Crippen LogP contribution in [0.3, 0.4) is 0 Å². The molecule has 0 aliphatic carbocycles. The number of carbonyl (C=O) groups excluding carboxylic acids is 1. The molecule has 1 aromatic carbocycles. The predicted octanol–water partition coefficient (Wildman–Crippen LogP) is 0.123. The molecule has 1 heterocycles. The molecule has 2 rings (SSSR count). The molecule has 4 nitrogen and oxygen atoms in total. The van der Waals surface area contributed by atoms with E-state index in [1.165, 1.54) is 12.1 Å². The lowest BCUT2D eigenvalue weighted by molar-refractivity contribution is -0.122. The average molecular weight is 224 g/mol. The van der Waals surface area contributed by atoms with E-state index in [1.807, 2.05) is 0 Å². The summed E-state index contributed by atoms with van der Waals surface area (Å²) in [7, 11) is 0. The summed E-state index contributed by atoms with van der Waals surface area (Å²) in [5.41, 5.74) is 0.659. The minimum absolute atomic E-state index is 0.180. The number of anilines is 1. The number of aliphatic hydroxyl groups is 1. The Bertz CT molecular complexity index is 380. The molecule has 1 unspecified atom stereocenters. The van der Waals surface area contributed by atoms with Crippen LogP contribution in [0.15, 0.2) is 24.3 Å². The van der Waals surface area contributed by atoms with E-state index in [4.69, 9.17) is 5.11 Å². The number of benzene rings is 1. The standard InChI is InChI=1S/C11H13FN2O2/c12-8-1-3-9(4-2-8)14-6-5-13-10(7-15)11(14)16/h1-4,10,13,15H,5-7H2. The predicted molar refractivity (Wildman–Crippen MR) is 57.6 cm³/mol. The number of rotatable bonds is 2. The fraction of sp³-hybridized carbons (Fsp3) is 0.364. The number of aliphatic hydroxyl groups excluding tert-OH is 1. The highest BCUT2D eigenvalue weighted by Gasteiger charge is 2.28. The number of nitrogens with zero attached hydrogens (tertiary/aromatic N) is 1. The van der Waals surface area contributed by atoms with Gasteiger partial charge in [0.05, 0.1) is 6.61 Å². The van der Waals surface area contributed by atoms with E-state index < -0.39 is 6.04 Å². The van der Waals surface area contributed by atoms with Crippen LogP contribution in [0, 0.1) is 5.82 Å². The quantitative estimate of drug-likeness (QED) is 0.750. The lowest BCUT2D eigenvalue weighted by Crippen LogP contribution is -2.56. The van der Waals surface area contributed by atoms with E-state index in [0.29, 0.717) is 18.8 Å². The Morgan fingerprint density at radius 2 is 2.12 bits per heavy atom. The van der Waals surface area contributed by atoms with Gasteiger partial charge in [0.15, 0.2) is 0 Å². The van der Waals surface area contributed by atoms with Gasteiger partial charge in [0.2, 0.25) is 5.91 Å². The van der Waals surface area contributed by atoms with E-state index in [-0.39, 0.29) is 18.3 Å². The van der Waals surface area contributed by atoms with Gasteiger partial charge in [-0.05, 0) is 24.3 Å². The Hall–Kier alpha value is -1.46. The Morgan fingerprint density at radius 1 is 1.44 bits per heavy atom. The molecule has 2 N–H and O–H groups in total. The lowest BCUT2D eigenvalue weighted by atomic mass is 10.1. The summed E-state index contributed by atoms with van der Waals surface area (Å²) >= 11 is 0. The molecule has 0 bridgehead atoms. The maximum Gasteiger partial charge on any atom is 0.246 e. The first-order valence-electron chi connectivity index (χ1n) is 5.13. The zero-order valence-electron chi connectivity index (χ0n) is 8.69. The van der Waals surface area contributed by atoms with Gasteiger partial charge in [-0.15, -0.1) is 0 Å². The van der Waals surface area contributed by atoms with E-state index in [1.54, 1.807) is 17.0 Å². The van der Waals surface area contributed by atoms with Crippen LogP contribution in [-0.2, 0) is 4.79 Å². The highest BCUT2D eigenvalue weighted by atomic mass is 19.1. The van der Waals surface area contributed by atoms with E-state index in [9.17, 15) is 9.18 Å². The number of halogens is 1. The normalized spacial score (nSPS) is 21.2. The van der Waals surface area contributed by atoms with Crippen LogP contribution in [0.1, 0.15) is 0 Å². The molecule has 1 aliphatic heterocycles. The maximum atomic E-state index is 12.7. The molecule has 86 valence electrons. The molecule has 1 atom stereocenters. The molecule has 0 spiro atoms. The largest absolute Gasteiger partial charge is 0.394 e. The van der Waals surface area contributed by atoms with Crippen LogP contribution in [0.5, 0.6) is 0 Å². The van der Waals surface area contributed by atoms with Crippen molar-refractivity contribution in [1.82, 2.24) is 5.32 Å². The van der Waals surface area contributed by atoms with E-state index in [2.05, 4.69) is 5.32 Å². The molecule has 5 heteroatoms. The maximum absolute atomic E-state index is 12.7. The Labute approximate surface area is 92.7 Å². The number of hydrogen-bond acceptors (Lipinski definition) is 3. The van der Waals surface area contributed by atoms with Crippen molar-refractivity contribution in [3.8, 4) is 0 Å². The first kappa shape index (κ1) is 11.0. The Balaban J connectivity index is 2.20. The van der Waals surface area contributed by atoms with E-state index >= 15 is 0 Å². The molecule has 0 aromatic heterocycles. The molecule has 1 fully saturated rings. The highest BCUT2D eigenvalue weighted by molar-refractivity contribution is 5.98. The van der Waals surface area contributed by atoms with E-state index in [0.717, 1.165) is 0 Å². The van der Waals surface area contributed by atoms with Crippen molar-refractivity contribution < 1.29 is 14.3 Å². The number of nitrogens with one attached hydrogen (secondary N) is 1. The van der Waals surface area contributed by atoms with Gasteiger partial charge >= 0.3 is 0 Å². The van der Waals surface area contributed by atoms with Crippen molar-refractivity contribution in [2.24, 2.45) is 0 Å². The van der Waals surface area contributed by atoms with Crippen molar-refractivity contribution in [1.29, 1.82) is 0 Å². The third kappa shape index (κ3) is 2.05. The van der Waals surface area contributed by atoms with Crippen LogP contribution in [0.25, 0.3) is 0 Å². The molecule has 0 saturated carbocycles. The van der Waals surface area contributed by atoms with Crippen LogP contribution in [0.2, 0.25) is 0 Å². The first-order chi connectivity index (χ1) is 7.72. The summed E-state index contributed by atoms with van der Waals surface area (Å²) in [6, 6.07) is 5.20. The molecule has 16 heavy (non-hydrogen) atoms. The summed E-state index contributed by atoms with van der Waals surface area (Å²) in [4.78, 5) is 13.4. The number of amides is 1. The molecule has 1 amide bonds. The van der Waals surface area contributed by atoms with Gasteiger partial charge in [-0.1, -0.05) is 0 Å². The minimum atomic E-state index is -0.557. The first-order valence-corrected chi connectivity index (χ1v) is 5.13. The fourth-order valence-electron chi connectivity index (χ4n) is 1.76. The second-order valence-electron chi connectivity index (χ2n) is 3.66. The fourth-order valence-corrected chi connectivity index (χ4v) is 1.76. The van der Waals surface area contributed by atoms with Gasteiger partial charge in [0.1, 0.15) is 11.9 Å². The monoisotopic (exact) mass is 224 g/mol. The molecule has 1 aromatic rings. The minimum Gasteiger partial charge on any atom is -0.394 e. The summed E-state index contributed by atoms with van der Waals surface area (Å²) in [6.07, 6.45) is 0. The lowest BCUT2D eigenvalue weighted by Gasteiger charge is -2.32. The van der Waals surface area contributed by atoms with Crippen LogP contribution < -0.4 is 10.2 Å². The van der Waals surface area contributed by atoms with Crippen molar-refractivity contribution in [3.05, 3.63) is 30.1 Å². The summed E-state index contributed by atoms with van der Waals surface area (Å²) < 4.78 is 12.7. The third-order valence-electron chi connectivity index (χ3n) is 2.61. The van der Waals surface area contributed by atoms with Crippen molar-refractivity contribution in [2.45, 2.75) is 6.04 Å². The van der Waals surface area contributed by atoms with Crippen molar-refractivity contribution in [2.75, 3.05) is 24.6 Å². The smallest absolute Gasteiger partial charge is 0.246 e. The second-order valence-corrected chi connectivity index (χ2v) is 3.66. The third-order valence-corrected chi connectivity index (χ3v) is 2.61. The van der Waals surface area contributed by atoms with Crippen molar-refractivity contribution >= 4 is 11.6 Å². The van der Waals surface area contributed by atoms with Gasteiger partial charge in [-0.3, -0.25) is 4.79 Å². The topological polar surface area (TPSA) is 52.6 Å². The molecule has 0 radical (unpaired) electrons. The second kappa shape index (κ2) is 4.59. The highest BCUT2D eigenvalue weighted by Crippen LogP contribution is 2.17. The summed E-state index contributed by atoms with van der Waals surface area (Å²) in [6.45, 7) is 0.922. The number of carbonyl (C=O) groups is 1. The average Bonchev–Trinajstić information content (AvgIpc) is 2.31. The van der Waals surface area contributed by atoms with Gasteiger partial charge in [0, 0.05) is 18.8 Å². The Kier molecular flexibility index (Phi) is 3.17. The molecule has 1 aliphatic rings. The van der Waals surface area contributed by atoms with Gasteiger partial charge in [0.25, 0.3) is 0 Å². The number of hydrogen-bond donors (Lipinski definition) is 2. The molecular weight excluding hydrogens is 211 g/mol. The van der Waals surface area contributed by atoms with Crippen LogP contribution in [-0.4, -0.2) is 36.8 Å². The van der Waals surface area contributed by atoms with Gasteiger partial charge in [-0.2, -0.15) is 0 Å². The Morgan fingerprint density at radius 3 is 2.75 bits per heavy atom. The van der Waals surface area contributed by atoms with Gasteiger partial charge in [-0.25, -0.2) is 4.39 Å². The van der Waals surface area contributed by atoms with Gasteiger partial charge < -0.3 is 15.3 Å².